The molecule has 0 aliphatic carbocycles. The maximum Gasteiger partial charge on any atom is 0.236 e. The van der Waals surface area contributed by atoms with Crippen LogP contribution in [-0.4, -0.2) is 28.3 Å². The second-order valence-corrected chi connectivity index (χ2v) is 9.56. The molecule has 2 aromatic heterocycles. The fraction of sp³-hybridized carbons (Fsp3) is 0.154. The lowest BCUT2D eigenvalue weighted by Crippen LogP contribution is -2.02. The van der Waals surface area contributed by atoms with Gasteiger partial charge in [-0.1, -0.05) is 30.0 Å². The van der Waals surface area contributed by atoms with Crippen LogP contribution >= 0.6 is 23.1 Å². The molecule has 0 atom stereocenters. The Kier molecular flexibility index (Phi) is 8.21. The summed E-state index contributed by atoms with van der Waals surface area (Å²) in [4.78, 5) is 12.4. The number of aryl methyl sites for hydroxylation is 1. The van der Waals surface area contributed by atoms with Crippen LogP contribution < -0.4 is 15.8 Å². The summed E-state index contributed by atoms with van der Waals surface area (Å²) in [6.45, 7) is 9.36. The number of hydrogen-bond donors (Lipinski definition) is 3. The second-order valence-electron chi connectivity index (χ2n) is 7.74. The van der Waals surface area contributed by atoms with Crippen LogP contribution in [0.1, 0.15) is 16.8 Å². The van der Waals surface area contributed by atoms with E-state index in [0.717, 1.165) is 5.69 Å². The van der Waals surface area contributed by atoms with Crippen LogP contribution in [0, 0.1) is 30.6 Å². The largest absolute Gasteiger partial charge is 0.491 e. The van der Waals surface area contributed by atoms with E-state index >= 15 is 0 Å². The number of aliphatic hydroxyl groups is 1. The molecule has 0 saturated carbocycles. The van der Waals surface area contributed by atoms with E-state index in [2.05, 4.69) is 26.2 Å². The van der Waals surface area contributed by atoms with Crippen LogP contribution in [0.15, 0.2) is 52.9 Å². The average molecular weight is 533 g/mol. The summed E-state index contributed by atoms with van der Waals surface area (Å²) in [5.74, 6) is 0.704. The number of hydrogen-bond acceptors (Lipinski definition) is 9. The molecule has 0 saturated heterocycles. The van der Waals surface area contributed by atoms with Gasteiger partial charge in [0.05, 0.1) is 24.4 Å². The Bertz CT molecular complexity index is 1510. The highest BCUT2D eigenvalue weighted by Crippen LogP contribution is 2.42. The predicted molar refractivity (Wildman–Crippen MR) is 144 cm³/mol. The van der Waals surface area contributed by atoms with Gasteiger partial charge < -0.3 is 20.9 Å². The van der Waals surface area contributed by atoms with Gasteiger partial charge in [0.25, 0.3) is 0 Å². The van der Waals surface area contributed by atoms with Crippen molar-refractivity contribution < 1.29 is 14.2 Å². The van der Waals surface area contributed by atoms with Crippen molar-refractivity contribution in [1.29, 1.82) is 5.26 Å². The number of nitrogens with one attached hydrogen (secondary N) is 1. The van der Waals surface area contributed by atoms with Gasteiger partial charge in [0, 0.05) is 22.4 Å². The molecule has 4 N–H and O–H groups in total. The molecule has 2 heterocycles. The zero-order valence-electron chi connectivity index (χ0n) is 19.7. The van der Waals surface area contributed by atoms with E-state index in [1.54, 1.807) is 43.3 Å². The van der Waals surface area contributed by atoms with E-state index < -0.39 is 0 Å². The van der Waals surface area contributed by atoms with Gasteiger partial charge in [0.2, 0.25) is 5.69 Å². The SMILES string of the molecule is [C-]#[N+]c1c(N)nc(SCc2csc(Nc3ccc(C)c(F)c3)n2)c(C#N)c1-c1ccc(OCCO)cc1. The van der Waals surface area contributed by atoms with E-state index in [9.17, 15) is 9.65 Å². The van der Waals surface area contributed by atoms with Crippen molar-refractivity contribution >= 4 is 45.4 Å². The number of rotatable bonds is 9. The molecule has 4 rings (SSSR count). The first-order valence-corrected chi connectivity index (χ1v) is 12.9. The van der Waals surface area contributed by atoms with E-state index in [0.29, 0.717) is 44.0 Å². The molecule has 2 aromatic carbocycles. The zero-order valence-corrected chi connectivity index (χ0v) is 21.3. The number of ether oxygens (including phenoxy) is 1. The van der Waals surface area contributed by atoms with Gasteiger partial charge in [-0.3, -0.25) is 0 Å². The van der Waals surface area contributed by atoms with Crippen LogP contribution in [0.25, 0.3) is 16.0 Å². The highest BCUT2D eigenvalue weighted by Gasteiger charge is 2.21. The lowest BCUT2D eigenvalue weighted by Gasteiger charge is -2.13. The van der Waals surface area contributed by atoms with Crippen molar-refractivity contribution in [3.8, 4) is 22.9 Å². The molecule has 0 fully saturated rings. The predicted octanol–water partition coefficient (Wildman–Crippen LogP) is 6.06. The van der Waals surface area contributed by atoms with Crippen LogP contribution in [0.4, 0.5) is 26.7 Å². The van der Waals surface area contributed by atoms with Crippen molar-refractivity contribution in [2.24, 2.45) is 0 Å². The summed E-state index contributed by atoms with van der Waals surface area (Å²) in [6, 6.07) is 14.0. The summed E-state index contributed by atoms with van der Waals surface area (Å²) in [5, 5.41) is 24.9. The Morgan fingerprint density at radius 1 is 1.27 bits per heavy atom. The molecule has 186 valence electrons. The number of aliphatic hydroxyl groups excluding tert-OH is 1. The Labute approximate surface area is 221 Å². The summed E-state index contributed by atoms with van der Waals surface area (Å²) in [5.41, 5.74) is 9.42. The Hall–Kier alpha value is -4.16. The van der Waals surface area contributed by atoms with Crippen LogP contribution in [0.2, 0.25) is 0 Å². The third kappa shape index (κ3) is 5.98. The molecule has 37 heavy (non-hydrogen) atoms. The molecule has 4 aromatic rings. The number of nitrogen functional groups attached to an aromatic ring is 1. The van der Waals surface area contributed by atoms with Gasteiger partial charge in [-0.25, -0.2) is 19.2 Å². The number of anilines is 3. The maximum absolute atomic E-state index is 13.8. The van der Waals surface area contributed by atoms with E-state index in [1.165, 1.54) is 29.2 Å². The van der Waals surface area contributed by atoms with Crippen LogP contribution in [0.3, 0.4) is 0 Å². The van der Waals surface area contributed by atoms with E-state index in [4.69, 9.17) is 22.1 Å². The van der Waals surface area contributed by atoms with Crippen molar-refractivity contribution in [1.82, 2.24) is 9.97 Å². The lowest BCUT2D eigenvalue weighted by molar-refractivity contribution is 0.201. The smallest absolute Gasteiger partial charge is 0.236 e. The number of aromatic nitrogens is 2. The minimum atomic E-state index is -0.295. The molecule has 0 radical (unpaired) electrons. The van der Waals surface area contributed by atoms with Gasteiger partial charge in [0.15, 0.2) is 5.13 Å². The number of thioether (sulfide) groups is 1. The normalized spacial score (nSPS) is 10.5. The van der Waals surface area contributed by atoms with E-state index in [1.807, 2.05) is 5.38 Å². The van der Waals surface area contributed by atoms with Crippen LogP contribution in [-0.2, 0) is 5.75 Å². The number of nitrogens with two attached hydrogens (primary N) is 1. The first-order valence-electron chi connectivity index (χ1n) is 11.0. The quantitative estimate of drug-likeness (QED) is 0.176. The zero-order chi connectivity index (χ0) is 26.4. The summed E-state index contributed by atoms with van der Waals surface area (Å²) < 4.78 is 19.2. The van der Waals surface area contributed by atoms with Gasteiger partial charge in [0.1, 0.15) is 35.1 Å². The maximum atomic E-state index is 13.8. The minimum Gasteiger partial charge on any atom is -0.491 e. The standard InChI is InChI=1S/C26H21FN6O2S2/c1-15-3-6-17(11-21(15)27)31-26-32-18(14-37-26)13-36-25-20(12-28)22(23(30-2)24(29)33-25)16-4-7-19(8-5-16)35-10-9-34/h3-8,11,14,34H,9-10,13H2,1H3,(H2,29,33)(H,31,32). The fourth-order valence-corrected chi connectivity index (χ4v) is 5.15. The number of nitriles is 1. The molecule has 0 spiro atoms. The molecule has 8 nitrogen and oxygen atoms in total. The Morgan fingerprint density at radius 3 is 2.73 bits per heavy atom. The summed E-state index contributed by atoms with van der Waals surface area (Å²) >= 11 is 2.67. The van der Waals surface area contributed by atoms with Crippen LogP contribution in [0.5, 0.6) is 5.75 Å². The highest BCUT2D eigenvalue weighted by molar-refractivity contribution is 7.98. The first kappa shape index (κ1) is 25.9. The monoisotopic (exact) mass is 532 g/mol. The molecular formula is C26H21FN6O2S2. The third-order valence-corrected chi connectivity index (χ3v) is 7.04. The van der Waals surface area contributed by atoms with Gasteiger partial charge in [-0.15, -0.1) is 11.3 Å². The average Bonchev–Trinajstić information content (AvgIpc) is 3.35. The third-order valence-electron chi connectivity index (χ3n) is 5.22. The number of pyridine rings is 1. The summed E-state index contributed by atoms with van der Waals surface area (Å²) in [7, 11) is 0. The molecule has 0 bridgehead atoms. The lowest BCUT2D eigenvalue weighted by atomic mass is 10.00. The number of halogens is 1. The second kappa shape index (κ2) is 11.7. The Morgan fingerprint density at radius 2 is 2.05 bits per heavy atom. The topological polar surface area (TPSA) is 121 Å². The number of benzene rings is 2. The molecule has 0 aliphatic rings. The minimum absolute atomic E-state index is 0.0362. The molecule has 0 unspecified atom stereocenters. The van der Waals surface area contributed by atoms with Gasteiger partial charge >= 0.3 is 0 Å². The summed E-state index contributed by atoms with van der Waals surface area (Å²) in [6.07, 6.45) is 0. The number of nitrogens with zero attached hydrogens (tertiary/aromatic N) is 4. The highest BCUT2D eigenvalue weighted by atomic mass is 32.2. The van der Waals surface area contributed by atoms with E-state index in [-0.39, 0.29) is 36.1 Å². The molecule has 0 aliphatic heterocycles. The fourth-order valence-electron chi connectivity index (χ4n) is 3.42. The first-order chi connectivity index (χ1) is 17.9. The van der Waals surface area contributed by atoms with Crippen molar-refractivity contribution in [3.05, 3.63) is 81.9 Å². The molecular weight excluding hydrogens is 511 g/mol. The van der Waals surface area contributed by atoms with Crippen molar-refractivity contribution in [2.45, 2.75) is 17.7 Å². The number of thiazole rings is 1. The molecule has 0 amide bonds. The van der Waals surface area contributed by atoms with Gasteiger partial charge in [-0.05, 0) is 42.3 Å². The molecule has 11 heteroatoms. The van der Waals surface area contributed by atoms with Crippen molar-refractivity contribution in [2.75, 3.05) is 24.3 Å². The Balaban J connectivity index is 1.57. The van der Waals surface area contributed by atoms with Crippen molar-refractivity contribution in [3.63, 3.8) is 0 Å². The van der Waals surface area contributed by atoms with Gasteiger partial charge in [-0.2, -0.15) is 5.26 Å².